The van der Waals surface area contributed by atoms with Gasteiger partial charge in [-0.15, -0.1) is 0 Å². The Bertz CT molecular complexity index is 995. The summed E-state index contributed by atoms with van der Waals surface area (Å²) in [6, 6.07) is 7.59. The number of nitrogens with two attached hydrogens (primary N) is 1. The molecule has 2 aliphatic rings. The van der Waals surface area contributed by atoms with Crippen LogP contribution in [0.5, 0.6) is 0 Å². The van der Waals surface area contributed by atoms with Crippen LogP contribution in [0.15, 0.2) is 41.1 Å². The lowest BCUT2D eigenvalue weighted by molar-refractivity contribution is -0.146. The van der Waals surface area contributed by atoms with Gasteiger partial charge in [-0.1, -0.05) is 17.3 Å². The van der Waals surface area contributed by atoms with Crippen LogP contribution < -0.4 is 5.73 Å². The SMILES string of the molecule is C[C@H](c1ccc(C(=O)N(C2CC2)[C@H]2CC[C@](COC(N)=O)(c3ccon3)CC2)cc1)C(F)(F)F. The summed E-state index contributed by atoms with van der Waals surface area (Å²) >= 11 is 0. The molecule has 7 nitrogen and oxygen atoms in total. The Labute approximate surface area is 195 Å². The highest BCUT2D eigenvalue weighted by molar-refractivity contribution is 5.95. The molecular formula is C24H28F3N3O4. The Kier molecular flexibility index (Phi) is 6.60. The van der Waals surface area contributed by atoms with E-state index in [2.05, 4.69) is 5.16 Å². The van der Waals surface area contributed by atoms with Crippen LogP contribution in [-0.4, -0.2) is 46.9 Å². The topological polar surface area (TPSA) is 98.7 Å². The first kappa shape index (κ1) is 24.1. The highest BCUT2D eigenvalue weighted by atomic mass is 19.4. The lowest BCUT2D eigenvalue weighted by atomic mass is 9.70. The summed E-state index contributed by atoms with van der Waals surface area (Å²) in [5, 5.41) is 4.06. The standard InChI is InChI=1S/C24H28F3N3O4/c1-15(24(25,26)27)16-2-4-17(5-3-16)21(31)30(18-6-7-18)19-8-11-23(12-9-19,14-33-22(28)32)20-10-13-34-29-20/h2-5,10,13,15,18-19H,6-9,11-12,14H2,1H3,(H2,28,32)/t15-,19-,23-/m1/s1. The minimum atomic E-state index is -4.33. The van der Waals surface area contributed by atoms with Crippen molar-refractivity contribution < 1.29 is 32.0 Å². The third-order valence-electron chi connectivity index (χ3n) is 7.10. The number of alkyl halides is 3. The second-order valence-corrected chi connectivity index (χ2v) is 9.33. The fourth-order valence-corrected chi connectivity index (χ4v) is 4.84. The first-order valence-corrected chi connectivity index (χ1v) is 11.4. The van der Waals surface area contributed by atoms with Crippen LogP contribution in [0.1, 0.15) is 73.0 Å². The molecule has 184 valence electrons. The summed E-state index contributed by atoms with van der Waals surface area (Å²) in [7, 11) is 0. The molecule has 2 aliphatic carbocycles. The minimum absolute atomic E-state index is 0.0256. The van der Waals surface area contributed by atoms with E-state index in [1.807, 2.05) is 4.90 Å². The number of carbonyl (C=O) groups is 2. The summed E-state index contributed by atoms with van der Waals surface area (Å²) in [5.74, 6) is -1.76. The highest BCUT2D eigenvalue weighted by Gasteiger charge is 2.45. The molecule has 0 saturated heterocycles. The smallest absolute Gasteiger partial charge is 0.404 e. The second kappa shape index (κ2) is 9.31. The zero-order chi connectivity index (χ0) is 24.5. The summed E-state index contributed by atoms with van der Waals surface area (Å²) in [6.07, 6.45) is 0.671. The maximum Gasteiger partial charge on any atom is 0.404 e. The van der Waals surface area contributed by atoms with Crippen LogP contribution in [0.4, 0.5) is 18.0 Å². The second-order valence-electron chi connectivity index (χ2n) is 9.33. The molecule has 1 heterocycles. The van der Waals surface area contributed by atoms with Crippen molar-refractivity contribution in [2.75, 3.05) is 6.61 Å². The molecule has 2 fully saturated rings. The van der Waals surface area contributed by atoms with Crippen molar-refractivity contribution in [3.8, 4) is 0 Å². The van der Waals surface area contributed by atoms with E-state index in [0.717, 1.165) is 19.8 Å². The largest absolute Gasteiger partial charge is 0.449 e. The Balaban J connectivity index is 1.48. The number of carbonyl (C=O) groups excluding carboxylic acids is 2. The minimum Gasteiger partial charge on any atom is -0.449 e. The molecule has 2 amide bonds. The lowest BCUT2D eigenvalue weighted by Gasteiger charge is -2.42. The first-order valence-electron chi connectivity index (χ1n) is 11.4. The third kappa shape index (κ3) is 5.05. The normalized spacial score (nSPS) is 23.8. The Hall–Kier alpha value is -3.04. The molecule has 0 radical (unpaired) electrons. The monoisotopic (exact) mass is 479 g/mol. The Morgan fingerprint density at radius 2 is 1.76 bits per heavy atom. The average Bonchev–Trinajstić information content (AvgIpc) is 3.48. The maximum absolute atomic E-state index is 13.4. The van der Waals surface area contributed by atoms with E-state index in [9.17, 15) is 22.8 Å². The molecule has 4 rings (SSSR count). The van der Waals surface area contributed by atoms with Gasteiger partial charge in [0.05, 0.1) is 17.0 Å². The third-order valence-corrected chi connectivity index (χ3v) is 7.10. The zero-order valence-corrected chi connectivity index (χ0v) is 18.9. The van der Waals surface area contributed by atoms with Gasteiger partial charge < -0.3 is 19.9 Å². The summed E-state index contributed by atoms with van der Waals surface area (Å²) in [5.41, 5.74) is 5.85. The average molecular weight is 479 g/mol. The van der Waals surface area contributed by atoms with E-state index in [4.69, 9.17) is 15.0 Å². The van der Waals surface area contributed by atoms with Gasteiger partial charge in [-0.25, -0.2) is 4.79 Å². The van der Waals surface area contributed by atoms with Gasteiger partial charge in [0.15, 0.2) is 0 Å². The number of aromatic nitrogens is 1. The van der Waals surface area contributed by atoms with Crippen molar-refractivity contribution in [1.82, 2.24) is 10.1 Å². The number of ether oxygens (including phenoxy) is 1. The number of nitrogens with zero attached hydrogens (tertiary/aromatic N) is 2. The van der Waals surface area contributed by atoms with Gasteiger partial charge in [0.2, 0.25) is 0 Å². The number of halogens is 3. The number of hydrogen-bond donors (Lipinski definition) is 1. The summed E-state index contributed by atoms with van der Waals surface area (Å²) in [4.78, 5) is 26.5. The molecule has 0 bridgehead atoms. The molecule has 0 aliphatic heterocycles. The predicted molar refractivity (Wildman–Crippen MR) is 116 cm³/mol. The fraction of sp³-hybridized carbons (Fsp3) is 0.542. The molecular weight excluding hydrogens is 451 g/mol. The van der Waals surface area contributed by atoms with Crippen molar-refractivity contribution in [1.29, 1.82) is 0 Å². The molecule has 2 N–H and O–H groups in total. The van der Waals surface area contributed by atoms with Gasteiger partial charge in [0.25, 0.3) is 5.91 Å². The molecule has 10 heteroatoms. The van der Waals surface area contributed by atoms with Crippen LogP contribution in [0.2, 0.25) is 0 Å². The van der Waals surface area contributed by atoms with E-state index in [1.165, 1.54) is 30.5 Å². The van der Waals surface area contributed by atoms with Gasteiger partial charge in [0.1, 0.15) is 12.9 Å². The van der Waals surface area contributed by atoms with E-state index in [0.29, 0.717) is 36.9 Å². The van der Waals surface area contributed by atoms with Gasteiger partial charge >= 0.3 is 12.3 Å². The number of benzene rings is 1. The van der Waals surface area contributed by atoms with Gasteiger partial charge in [-0.05, 0) is 63.1 Å². The highest BCUT2D eigenvalue weighted by Crippen LogP contribution is 2.43. The van der Waals surface area contributed by atoms with Crippen LogP contribution in [0.3, 0.4) is 0 Å². The van der Waals surface area contributed by atoms with E-state index in [-0.39, 0.29) is 30.2 Å². The number of primary amides is 1. The van der Waals surface area contributed by atoms with Crippen molar-refractivity contribution >= 4 is 12.0 Å². The predicted octanol–water partition coefficient (Wildman–Crippen LogP) is 4.92. The van der Waals surface area contributed by atoms with Crippen LogP contribution in [-0.2, 0) is 10.2 Å². The molecule has 2 saturated carbocycles. The molecule has 2 aromatic rings. The summed E-state index contributed by atoms with van der Waals surface area (Å²) < 4.78 is 49.2. The molecule has 1 atom stereocenters. The van der Waals surface area contributed by atoms with Gasteiger partial charge in [0, 0.05) is 23.7 Å². The van der Waals surface area contributed by atoms with Crippen molar-refractivity contribution in [3.05, 3.63) is 53.4 Å². The molecule has 1 aromatic heterocycles. The van der Waals surface area contributed by atoms with Crippen LogP contribution in [0, 0.1) is 0 Å². The molecule has 1 aromatic carbocycles. The van der Waals surface area contributed by atoms with Gasteiger partial charge in [-0.2, -0.15) is 13.2 Å². The fourth-order valence-electron chi connectivity index (χ4n) is 4.84. The quantitative estimate of drug-likeness (QED) is 0.608. The lowest BCUT2D eigenvalue weighted by Crippen LogP contribution is -2.48. The molecule has 34 heavy (non-hydrogen) atoms. The Morgan fingerprint density at radius 1 is 1.15 bits per heavy atom. The first-order chi connectivity index (χ1) is 16.1. The van der Waals surface area contributed by atoms with E-state index < -0.39 is 23.6 Å². The molecule has 0 unspecified atom stereocenters. The zero-order valence-electron chi connectivity index (χ0n) is 18.9. The Morgan fingerprint density at radius 3 is 2.26 bits per heavy atom. The van der Waals surface area contributed by atoms with Crippen LogP contribution >= 0.6 is 0 Å². The van der Waals surface area contributed by atoms with Crippen molar-refractivity contribution in [2.45, 2.75) is 75.0 Å². The van der Waals surface area contributed by atoms with E-state index >= 15 is 0 Å². The van der Waals surface area contributed by atoms with Gasteiger partial charge in [-0.3, -0.25) is 4.79 Å². The van der Waals surface area contributed by atoms with Crippen molar-refractivity contribution in [3.63, 3.8) is 0 Å². The number of hydrogen-bond acceptors (Lipinski definition) is 5. The maximum atomic E-state index is 13.4. The summed E-state index contributed by atoms with van der Waals surface area (Å²) in [6.45, 7) is 1.19. The van der Waals surface area contributed by atoms with Crippen LogP contribution in [0.25, 0.3) is 0 Å². The van der Waals surface area contributed by atoms with E-state index in [1.54, 1.807) is 6.07 Å². The number of rotatable bonds is 7. The molecule has 0 spiro atoms. The van der Waals surface area contributed by atoms with Crippen molar-refractivity contribution in [2.24, 2.45) is 5.73 Å². The number of amides is 2.